The molecule has 1 aromatic carbocycles. The normalized spacial score (nSPS) is 21.2. The number of aliphatic hydroxyl groups excluding tert-OH is 1. The van der Waals surface area contributed by atoms with Gasteiger partial charge in [-0.1, -0.05) is 18.2 Å². The van der Waals surface area contributed by atoms with Crippen molar-refractivity contribution < 1.29 is 5.11 Å². The fourth-order valence-corrected chi connectivity index (χ4v) is 2.20. The van der Waals surface area contributed by atoms with Crippen molar-refractivity contribution in [1.29, 1.82) is 0 Å². The third kappa shape index (κ3) is 1.61. The van der Waals surface area contributed by atoms with Crippen LogP contribution in [-0.2, 0) is 12.8 Å². The Hall–Kier alpha value is -0.820. The van der Waals surface area contributed by atoms with Crippen molar-refractivity contribution in [3.05, 3.63) is 34.9 Å². The van der Waals surface area contributed by atoms with Crippen LogP contribution in [0.2, 0.25) is 0 Å². The average Bonchev–Trinajstić information content (AvgIpc) is 2.18. The van der Waals surface area contributed by atoms with Crippen LogP contribution in [0.25, 0.3) is 0 Å². The molecular weight excluding hydrogens is 160 g/mol. The Labute approximate surface area is 79.4 Å². The van der Waals surface area contributed by atoms with Crippen molar-refractivity contribution in [3.8, 4) is 0 Å². The van der Waals surface area contributed by atoms with Crippen LogP contribution < -0.4 is 0 Å². The number of hydrogen-bond acceptors (Lipinski definition) is 1. The molecule has 0 saturated carbocycles. The average molecular weight is 176 g/mol. The van der Waals surface area contributed by atoms with Crippen molar-refractivity contribution >= 4 is 0 Å². The van der Waals surface area contributed by atoms with Gasteiger partial charge in [-0.2, -0.15) is 0 Å². The fraction of sp³-hybridized carbons (Fsp3) is 0.500. The van der Waals surface area contributed by atoms with Gasteiger partial charge in [0.2, 0.25) is 0 Å². The molecule has 0 spiro atoms. The molecule has 0 aromatic heterocycles. The van der Waals surface area contributed by atoms with Crippen molar-refractivity contribution in [3.63, 3.8) is 0 Å². The van der Waals surface area contributed by atoms with Gasteiger partial charge in [0.25, 0.3) is 0 Å². The molecule has 0 saturated heterocycles. The Morgan fingerprint density at radius 3 is 3.08 bits per heavy atom. The zero-order chi connectivity index (χ0) is 9.26. The molecular formula is C12H16O. The van der Waals surface area contributed by atoms with Gasteiger partial charge in [0.1, 0.15) is 0 Å². The van der Waals surface area contributed by atoms with Crippen LogP contribution in [0.3, 0.4) is 0 Å². The van der Waals surface area contributed by atoms with E-state index in [1.54, 1.807) is 0 Å². The lowest BCUT2D eigenvalue weighted by Crippen LogP contribution is -2.18. The molecule has 1 heteroatoms. The van der Waals surface area contributed by atoms with Crippen molar-refractivity contribution in [2.24, 2.45) is 5.92 Å². The van der Waals surface area contributed by atoms with E-state index < -0.39 is 0 Å². The minimum absolute atomic E-state index is 0.341. The number of aliphatic hydroxyl groups is 1. The van der Waals surface area contributed by atoms with Crippen LogP contribution in [0.5, 0.6) is 0 Å². The molecule has 0 fully saturated rings. The van der Waals surface area contributed by atoms with Gasteiger partial charge in [0, 0.05) is 6.61 Å². The SMILES string of the molecule is Cc1cccc2c1CC(CO)CC2. The molecule has 0 aliphatic heterocycles. The smallest absolute Gasteiger partial charge is 0.0462 e. The van der Waals surface area contributed by atoms with Crippen LogP contribution in [0, 0.1) is 12.8 Å². The van der Waals surface area contributed by atoms with Gasteiger partial charge in [0.05, 0.1) is 0 Å². The fourth-order valence-electron chi connectivity index (χ4n) is 2.20. The molecule has 2 rings (SSSR count). The number of rotatable bonds is 1. The molecule has 0 amide bonds. The Balaban J connectivity index is 2.32. The maximum atomic E-state index is 9.11. The van der Waals surface area contributed by atoms with Crippen molar-refractivity contribution in [2.45, 2.75) is 26.2 Å². The number of aryl methyl sites for hydroxylation is 2. The van der Waals surface area contributed by atoms with E-state index >= 15 is 0 Å². The highest BCUT2D eigenvalue weighted by Crippen LogP contribution is 2.27. The zero-order valence-corrected chi connectivity index (χ0v) is 8.09. The first-order chi connectivity index (χ1) is 6.31. The van der Waals surface area contributed by atoms with E-state index in [2.05, 4.69) is 25.1 Å². The van der Waals surface area contributed by atoms with Crippen LogP contribution in [0.1, 0.15) is 23.1 Å². The predicted molar refractivity (Wildman–Crippen MR) is 53.8 cm³/mol. The van der Waals surface area contributed by atoms with Gasteiger partial charge < -0.3 is 5.11 Å². The Morgan fingerprint density at radius 1 is 1.46 bits per heavy atom. The van der Waals surface area contributed by atoms with Crippen molar-refractivity contribution in [1.82, 2.24) is 0 Å². The summed E-state index contributed by atoms with van der Waals surface area (Å²) in [4.78, 5) is 0. The van der Waals surface area contributed by atoms with E-state index in [-0.39, 0.29) is 0 Å². The molecule has 1 aromatic rings. The second-order valence-electron chi connectivity index (χ2n) is 4.00. The summed E-state index contributed by atoms with van der Waals surface area (Å²) in [5.74, 6) is 0.494. The number of hydrogen-bond donors (Lipinski definition) is 1. The van der Waals surface area contributed by atoms with Crippen LogP contribution in [-0.4, -0.2) is 11.7 Å². The van der Waals surface area contributed by atoms with Gasteiger partial charge in [-0.3, -0.25) is 0 Å². The zero-order valence-electron chi connectivity index (χ0n) is 8.09. The highest BCUT2D eigenvalue weighted by Gasteiger charge is 2.18. The van der Waals surface area contributed by atoms with Crippen LogP contribution >= 0.6 is 0 Å². The predicted octanol–water partition coefficient (Wildman–Crippen LogP) is 2.09. The summed E-state index contributed by atoms with van der Waals surface area (Å²) in [6.45, 7) is 2.51. The second kappa shape index (κ2) is 3.51. The topological polar surface area (TPSA) is 20.2 Å². The summed E-state index contributed by atoms with van der Waals surface area (Å²) in [7, 11) is 0. The molecule has 0 bridgehead atoms. The minimum atomic E-state index is 0.341. The van der Waals surface area contributed by atoms with Crippen molar-refractivity contribution in [2.75, 3.05) is 6.61 Å². The molecule has 1 N–H and O–H groups in total. The molecule has 0 radical (unpaired) electrons. The summed E-state index contributed by atoms with van der Waals surface area (Å²) in [5, 5.41) is 9.11. The quantitative estimate of drug-likeness (QED) is 0.694. The van der Waals surface area contributed by atoms with Gasteiger partial charge in [-0.15, -0.1) is 0 Å². The molecule has 1 unspecified atom stereocenters. The summed E-state index contributed by atoms with van der Waals surface area (Å²) >= 11 is 0. The standard InChI is InChI=1S/C12H16O/c1-9-3-2-4-11-6-5-10(8-13)7-12(9)11/h2-4,10,13H,5-8H2,1H3. The monoisotopic (exact) mass is 176 g/mol. The lowest BCUT2D eigenvalue weighted by Gasteiger charge is -2.24. The molecule has 13 heavy (non-hydrogen) atoms. The highest BCUT2D eigenvalue weighted by atomic mass is 16.3. The van der Waals surface area contributed by atoms with E-state index in [4.69, 9.17) is 5.11 Å². The van der Waals surface area contributed by atoms with Gasteiger partial charge in [-0.05, 0) is 48.8 Å². The summed E-state index contributed by atoms with van der Waals surface area (Å²) in [5.41, 5.74) is 4.35. The van der Waals surface area contributed by atoms with Gasteiger partial charge in [-0.25, -0.2) is 0 Å². The highest BCUT2D eigenvalue weighted by molar-refractivity contribution is 5.36. The first kappa shape index (κ1) is 8.76. The Kier molecular flexibility index (Phi) is 2.36. The Bertz CT molecular complexity index is 304. The molecule has 70 valence electrons. The maximum absolute atomic E-state index is 9.11. The molecule has 1 nitrogen and oxygen atoms in total. The molecule has 1 atom stereocenters. The van der Waals surface area contributed by atoms with Crippen LogP contribution in [0.4, 0.5) is 0 Å². The first-order valence-corrected chi connectivity index (χ1v) is 4.99. The Morgan fingerprint density at radius 2 is 2.31 bits per heavy atom. The molecule has 1 aliphatic carbocycles. The second-order valence-corrected chi connectivity index (χ2v) is 4.00. The van der Waals surface area contributed by atoms with E-state index in [9.17, 15) is 0 Å². The lowest BCUT2D eigenvalue weighted by molar-refractivity contribution is 0.213. The maximum Gasteiger partial charge on any atom is 0.0462 e. The third-order valence-corrected chi connectivity index (χ3v) is 3.08. The van der Waals surface area contributed by atoms with E-state index in [0.29, 0.717) is 12.5 Å². The largest absolute Gasteiger partial charge is 0.396 e. The van der Waals surface area contributed by atoms with Crippen LogP contribution in [0.15, 0.2) is 18.2 Å². The minimum Gasteiger partial charge on any atom is -0.396 e. The van der Waals surface area contributed by atoms with E-state index in [1.165, 1.54) is 16.7 Å². The summed E-state index contributed by atoms with van der Waals surface area (Å²) < 4.78 is 0. The van der Waals surface area contributed by atoms with E-state index in [1.807, 2.05) is 0 Å². The number of fused-ring (bicyclic) bond motifs is 1. The van der Waals surface area contributed by atoms with Gasteiger partial charge in [0.15, 0.2) is 0 Å². The van der Waals surface area contributed by atoms with E-state index in [0.717, 1.165) is 19.3 Å². The van der Waals surface area contributed by atoms with Gasteiger partial charge >= 0.3 is 0 Å². The molecule has 0 heterocycles. The third-order valence-electron chi connectivity index (χ3n) is 3.08. The summed E-state index contributed by atoms with van der Waals surface area (Å²) in [6.07, 6.45) is 3.35. The lowest BCUT2D eigenvalue weighted by atomic mass is 9.82. The first-order valence-electron chi connectivity index (χ1n) is 4.99. The summed E-state index contributed by atoms with van der Waals surface area (Å²) in [6, 6.07) is 6.52. The number of benzene rings is 1. The molecule has 1 aliphatic rings.